The third-order valence-corrected chi connectivity index (χ3v) is 9.14. The van der Waals surface area contributed by atoms with E-state index in [1.807, 2.05) is 0 Å². The molecule has 0 bridgehead atoms. The quantitative estimate of drug-likeness (QED) is 0.126. The Morgan fingerprint density at radius 2 is 1.69 bits per heavy atom. The summed E-state index contributed by atoms with van der Waals surface area (Å²) < 4.78 is 28.1. The van der Waals surface area contributed by atoms with Crippen molar-refractivity contribution in [3.05, 3.63) is 76.7 Å². The van der Waals surface area contributed by atoms with Crippen LogP contribution in [0.5, 0.6) is 34.5 Å². The fraction of sp³-hybridized carbons (Fsp3) is 0.375. The molecule has 1 unspecified atom stereocenters. The van der Waals surface area contributed by atoms with Crippen molar-refractivity contribution in [2.45, 2.75) is 70.3 Å². The Morgan fingerprint density at radius 1 is 0.963 bits per heavy atom. The van der Waals surface area contributed by atoms with Gasteiger partial charge in [-0.25, -0.2) is 4.79 Å². The second-order valence-corrected chi connectivity index (χ2v) is 12.9. The van der Waals surface area contributed by atoms with Crippen LogP contribution in [0.2, 0.25) is 0 Å². The van der Waals surface area contributed by atoms with Crippen LogP contribution in [0.4, 0.5) is 0 Å². The van der Waals surface area contributed by atoms with Crippen LogP contribution in [0, 0.1) is 0 Å². The minimum atomic E-state index is -1.05. The number of amides is 1. The number of phenols is 3. The number of carbonyl (C=O) groups excluding carboxylic acids is 3. The summed E-state index contributed by atoms with van der Waals surface area (Å²) in [6.45, 7) is 1.80. The number of ketones is 1. The number of nitrogens with zero attached hydrogens (tertiary/aromatic N) is 2. The van der Waals surface area contributed by atoms with Gasteiger partial charge < -0.3 is 44.0 Å². The first-order valence-corrected chi connectivity index (χ1v) is 17.7. The third kappa shape index (κ3) is 9.29. The molecule has 1 aromatic heterocycles. The molecular formula is C40H45N3O11. The summed E-state index contributed by atoms with van der Waals surface area (Å²) >= 11 is 0. The number of benzene rings is 3. The second kappa shape index (κ2) is 18.1. The Morgan fingerprint density at radius 3 is 2.39 bits per heavy atom. The van der Waals surface area contributed by atoms with Crippen LogP contribution in [0.25, 0.3) is 17.5 Å². The van der Waals surface area contributed by atoms with Crippen molar-refractivity contribution in [3.63, 3.8) is 0 Å². The van der Waals surface area contributed by atoms with Crippen molar-refractivity contribution in [1.29, 1.82) is 0 Å². The molecule has 0 saturated heterocycles. The van der Waals surface area contributed by atoms with Crippen LogP contribution in [-0.2, 0) is 20.7 Å². The van der Waals surface area contributed by atoms with E-state index in [1.165, 1.54) is 33.5 Å². The Bertz CT molecular complexity index is 1980. The number of rotatable bonds is 11. The average molecular weight is 744 g/mol. The maximum absolute atomic E-state index is 13.8. The van der Waals surface area contributed by atoms with E-state index in [4.69, 9.17) is 23.4 Å². The number of aromatic hydroxyl groups is 3. The first-order valence-electron chi connectivity index (χ1n) is 17.7. The summed E-state index contributed by atoms with van der Waals surface area (Å²) in [6.07, 6.45) is 5.63. The predicted molar refractivity (Wildman–Crippen MR) is 197 cm³/mol. The summed E-state index contributed by atoms with van der Waals surface area (Å²) in [7, 11) is 4.32. The Hall–Kier alpha value is -6.05. The van der Waals surface area contributed by atoms with Crippen molar-refractivity contribution in [2.75, 3.05) is 27.9 Å². The molecule has 1 aliphatic heterocycles. The van der Waals surface area contributed by atoms with Crippen LogP contribution in [0.15, 0.2) is 53.0 Å². The molecule has 54 heavy (non-hydrogen) atoms. The lowest BCUT2D eigenvalue weighted by Gasteiger charge is -2.24. The molecule has 3 aromatic carbocycles. The number of phenolic OH excluding ortho intramolecular Hbond substituents is 3. The Labute approximate surface area is 312 Å². The van der Waals surface area contributed by atoms with Gasteiger partial charge in [0.1, 0.15) is 28.6 Å². The molecule has 14 heteroatoms. The van der Waals surface area contributed by atoms with Gasteiger partial charge in [0.25, 0.3) is 5.89 Å². The van der Waals surface area contributed by atoms with Gasteiger partial charge in [-0.15, -0.1) is 10.2 Å². The summed E-state index contributed by atoms with van der Waals surface area (Å²) in [5.74, 6) is -1.96. The van der Waals surface area contributed by atoms with Gasteiger partial charge in [0.15, 0.2) is 11.5 Å². The number of nitrogens with one attached hydrogen (secondary N) is 1. The largest absolute Gasteiger partial charge is 0.507 e. The van der Waals surface area contributed by atoms with Gasteiger partial charge in [-0.05, 0) is 74.1 Å². The smallest absolute Gasteiger partial charge is 0.342 e. The maximum atomic E-state index is 13.8. The number of hydrogen-bond acceptors (Lipinski definition) is 13. The highest BCUT2D eigenvalue weighted by molar-refractivity contribution is 5.98. The average Bonchev–Trinajstić information content (AvgIpc) is 3.61. The van der Waals surface area contributed by atoms with Crippen LogP contribution in [0.3, 0.4) is 0 Å². The minimum Gasteiger partial charge on any atom is -0.507 e. The van der Waals surface area contributed by atoms with E-state index in [2.05, 4.69) is 15.5 Å². The van der Waals surface area contributed by atoms with Gasteiger partial charge >= 0.3 is 5.97 Å². The maximum Gasteiger partial charge on any atom is 0.342 e. The molecule has 0 fully saturated rings. The number of fused-ring (bicyclic) bond motifs is 1. The molecule has 0 spiro atoms. The molecular weight excluding hydrogens is 698 g/mol. The number of cyclic esters (lactones) is 1. The fourth-order valence-electron chi connectivity index (χ4n) is 6.39. The first-order chi connectivity index (χ1) is 26.0. The van der Waals surface area contributed by atoms with E-state index in [1.54, 1.807) is 49.4 Å². The van der Waals surface area contributed by atoms with E-state index in [9.17, 15) is 29.7 Å². The van der Waals surface area contributed by atoms with Crippen molar-refractivity contribution >= 4 is 23.7 Å². The number of methoxy groups -OCH3 is 3. The lowest BCUT2D eigenvalue weighted by atomic mass is 9.84. The monoisotopic (exact) mass is 743 g/mol. The zero-order chi connectivity index (χ0) is 38.8. The number of carbonyl (C=O) groups is 3. The predicted octanol–water partition coefficient (Wildman–Crippen LogP) is 6.24. The van der Waals surface area contributed by atoms with Gasteiger partial charge in [0.05, 0.1) is 33.0 Å². The molecule has 0 aliphatic carbocycles. The van der Waals surface area contributed by atoms with E-state index in [0.29, 0.717) is 49.7 Å². The molecule has 0 radical (unpaired) electrons. The summed E-state index contributed by atoms with van der Waals surface area (Å²) in [5.41, 5.74) is 0.723. The normalized spacial score (nSPS) is 15.7. The lowest BCUT2D eigenvalue weighted by molar-refractivity contribution is -0.121. The molecule has 0 saturated carbocycles. The number of ether oxygens (including phenoxy) is 4. The van der Waals surface area contributed by atoms with E-state index in [-0.39, 0.29) is 82.4 Å². The SMILES string of the molecule is COc1cc(C(CC(=O)NCCc2nnc(-c3ccccc3O)o2)c2c(O)cc3c(c2O)C(=O)O[C@@H](C)CCCC(=O)CCCC=C3)cc(OC)c1OC. The highest BCUT2D eigenvalue weighted by Gasteiger charge is 2.32. The molecule has 286 valence electrons. The highest BCUT2D eigenvalue weighted by atomic mass is 16.5. The molecule has 2 atom stereocenters. The number of Topliss-reactive ketones (excluding diaryl/α,β-unsaturated/α-hetero) is 1. The van der Waals surface area contributed by atoms with Crippen molar-refractivity contribution < 1.29 is 53.1 Å². The molecule has 1 aliphatic rings. The van der Waals surface area contributed by atoms with Crippen LogP contribution in [0.1, 0.15) is 90.7 Å². The van der Waals surface area contributed by atoms with E-state index < -0.39 is 29.6 Å². The molecule has 2 heterocycles. The number of aromatic nitrogens is 2. The van der Waals surface area contributed by atoms with Gasteiger partial charge in [0.2, 0.25) is 17.5 Å². The van der Waals surface area contributed by atoms with Crippen molar-refractivity contribution in [2.24, 2.45) is 0 Å². The molecule has 4 N–H and O–H groups in total. The van der Waals surface area contributed by atoms with Gasteiger partial charge in [-0.2, -0.15) is 0 Å². The van der Waals surface area contributed by atoms with Gasteiger partial charge in [-0.1, -0.05) is 24.3 Å². The second-order valence-electron chi connectivity index (χ2n) is 12.9. The molecule has 4 aromatic rings. The lowest BCUT2D eigenvalue weighted by Crippen LogP contribution is -2.27. The summed E-state index contributed by atoms with van der Waals surface area (Å²) in [6, 6.07) is 11.1. The minimum absolute atomic E-state index is 0.0157. The third-order valence-electron chi connectivity index (χ3n) is 9.14. The molecule has 14 nitrogen and oxygen atoms in total. The molecule has 1 amide bonds. The van der Waals surface area contributed by atoms with Gasteiger partial charge in [-0.3, -0.25) is 9.59 Å². The zero-order valence-corrected chi connectivity index (χ0v) is 30.7. The van der Waals surface area contributed by atoms with Crippen LogP contribution < -0.4 is 19.5 Å². The number of hydrogen-bond donors (Lipinski definition) is 4. The van der Waals surface area contributed by atoms with Crippen LogP contribution >= 0.6 is 0 Å². The number of allylic oxidation sites excluding steroid dienone is 1. The zero-order valence-electron chi connectivity index (χ0n) is 30.7. The standard InChI is InChI=1S/C40H45N3O11/c1-23-11-10-14-26(44)13-7-5-6-12-24-19-30(46)36(37(48)35(24)40(49)53-23)28(25-20-31(50-2)38(52-4)32(21-25)51-3)22-33(47)41-18-17-34-42-43-39(54-34)27-15-8-9-16-29(27)45/h6,8-9,12,15-16,19-21,23,28,45-46,48H,5,7,10-11,13-14,17-18,22H2,1-4H3,(H,41,47)/t23-,28?/m0/s1. The van der Waals surface area contributed by atoms with Crippen LogP contribution in [-0.4, -0.2) is 77.2 Å². The topological polar surface area (TPSA) is 200 Å². The van der Waals surface area contributed by atoms with Crippen molar-refractivity contribution in [3.8, 4) is 46.0 Å². The van der Waals surface area contributed by atoms with Gasteiger partial charge in [0, 0.05) is 43.7 Å². The number of para-hydroxylation sites is 1. The fourth-order valence-corrected chi connectivity index (χ4v) is 6.39. The Kier molecular flexibility index (Phi) is 13.1. The van der Waals surface area contributed by atoms with Crippen molar-refractivity contribution in [1.82, 2.24) is 15.5 Å². The summed E-state index contributed by atoms with van der Waals surface area (Å²) in [4.78, 5) is 39.7. The van der Waals surface area contributed by atoms with E-state index >= 15 is 0 Å². The first kappa shape index (κ1) is 39.2. The highest BCUT2D eigenvalue weighted by Crippen LogP contribution is 2.47. The molecule has 5 rings (SSSR count). The summed E-state index contributed by atoms with van der Waals surface area (Å²) in [5, 5.41) is 44.5. The van der Waals surface area contributed by atoms with E-state index in [0.717, 1.165) is 0 Å². The number of esters is 1. The Balaban J connectivity index is 1.50.